The third kappa shape index (κ3) is 2.09. The second kappa shape index (κ2) is 3.99. The summed E-state index contributed by atoms with van der Waals surface area (Å²) in [6, 6.07) is 2.77. The van der Waals surface area contributed by atoms with Gasteiger partial charge in [0.25, 0.3) is 0 Å². The Labute approximate surface area is 91.7 Å². The van der Waals surface area contributed by atoms with Gasteiger partial charge in [0.05, 0.1) is 6.04 Å². The van der Waals surface area contributed by atoms with Crippen LogP contribution < -0.4 is 0 Å². The normalized spacial score (nSPS) is 24.5. The molecule has 2 nitrogen and oxygen atoms in total. The van der Waals surface area contributed by atoms with Crippen molar-refractivity contribution in [2.24, 2.45) is 11.8 Å². The SMILES string of the molecule is c1cnn(C(CC2CC2)C2CCCC2)c1. The van der Waals surface area contributed by atoms with Gasteiger partial charge in [-0.3, -0.25) is 4.68 Å². The second-order valence-electron chi connectivity index (χ2n) is 5.28. The number of hydrogen-bond acceptors (Lipinski definition) is 1. The third-order valence-corrected chi connectivity index (χ3v) is 4.08. The molecule has 2 heteroatoms. The lowest BCUT2D eigenvalue weighted by Crippen LogP contribution is -2.18. The number of rotatable bonds is 4. The Morgan fingerprint density at radius 3 is 2.60 bits per heavy atom. The summed E-state index contributed by atoms with van der Waals surface area (Å²) in [4.78, 5) is 0. The molecule has 0 radical (unpaired) electrons. The quantitative estimate of drug-likeness (QED) is 0.735. The van der Waals surface area contributed by atoms with E-state index in [1.807, 2.05) is 6.20 Å². The lowest BCUT2D eigenvalue weighted by atomic mass is 9.93. The van der Waals surface area contributed by atoms with E-state index in [1.165, 1.54) is 44.9 Å². The summed E-state index contributed by atoms with van der Waals surface area (Å²) in [6.07, 6.45) is 14.1. The molecule has 2 aliphatic carbocycles. The van der Waals surface area contributed by atoms with Gasteiger partial charge in [0.2, 0.25) is 0 Å². The first-order chi connectivity index (χ1) is 7.43. The van der Waals surface area contributed by atoms with Gasteiger partial charge in [-0.1, -0.05) is 25.7 Å². The summed E-state index contributed by atoms with van der Waals surface area (Å²) < 4.78 is 2.23. The average molecular weight is 204 g/mol. The van der Waals surface area contributed by atoms with Crippen LogP contribution in [0.4, 0.5) is 0 Å². The van der Waals surface area contributed by atoms with Gasteiger partial charge in [-0.25, -0.2) is 0 Å². The molecular formula is C13H20N2. The van der Waals surface area contributed by atoms with E-state index < -0.39 is 0 Å². The van der Waals surface area contributed by atoms with Crippen LogP contribution in [0.2, 0.25) is 0 Å². The molecule has 1 heterocycles. The molecule has 82 valence electrons. The zero-order valence-electron chi connectivity index (χ0n) is 9.31. The molecule has 1 atom stereocenters. The van der Waals surface area contributed by atoms with Gasteiger partial charge in [-0.15, -0.1) is 0 Å². The van der Waals surface area contributed by atoms with Crippen LogP contribution in [0.3, 0.4) is 0 Å². The van der Waals surface area contributed by atoms with E-state index in [-0.39, 0.29) is 0 Å². The molecule has 1 aromatic heterocycles. The van der Waals surface area contributed by atoms with Gasteiger partial charge < -0.3 is 0 Å². The zero-order chi connectivity index (χ0) is 10.1. The molecule has 0 spiro atoms. The van der Waals surface area contributed by atoms with Crippen LogP contribution in [-0.2, 0) is 0 Å². The molecule has 3 rings (SSSR count). The molecule has 15 heavy (non-hydrogen) atoms. The summed E-state index contributed by atoms with van der Waals surface area (Å²) in [5.74, 6) is 1.92. The lowest BCUT2D eigenvalue weighted by molar-refractivity contribution is 0.281. The minimum Gasteiger partial charge on any atom is -0.269 e. The highest BCUT2D eigenvalue weighted by atomic mass is 15.3. The maximum absolute atomic E-state index is 4.46. The van der Waals surface area contributed by atoms with Gasteiger partial charge in [0.15, 0.2) is 0 Å². The van der Waals surface area contributed by atoms with E-state index >= 15 is 0 Å². The first-order valence-electron chi connectivity index (χ1n) is 6.42. The maximum atomic E-state index is 4.46. The van der Waals surface area contributed by atoms with Gasteiger partial charge in [0, 0.05) is 12.4 Å². The van der Waals surface area contributed by atoms with E-state index in [4.69, 9.17) is 0 Å². The standard InChI is InChI=1S/C13H20N2/c1-2-5-12(4-1)13(10-11-6-7-11)15-9-3-8-14-15/h3,8-9,11-13H,1-2,4-7,10H2. The summed E-state index contributed by atoms with van der Waals surface area (Å²) in [5, 5.41) is 4.46. The largest absolute Gasteiger partial charge is 0.269 e. The Bertz CT molecular complexity index is 294. The molecule has 2 fully saturated rings. The highest BCUT2D eigenvalue weighted by molar-refractivity contribution is 4.89. The first kappa shape index (κ1) is 9.44. The van der Waals surface area contributed by atoms with Crippen molar-refractivity contribution in [3.05, 3.63) is 18.5 Å². The van der Waals surface area contributed by atoms with Crippen LogP contribution in [0.25, 0.3) is 0 Å². The summed E-state index contributed by atoms with van der Waals surface area (Å²) >= 11 is 0. The van der Waals surface area contributed by atoms with E-state index in [2.05, 4.69) is 22.0 Å². The molecule has 2 aliphatic rings. The van der Waals surface area contributed by atoms with Crippen LogP contribution in [-0.4, -0.2) is 9.78 Å². The Morgan fingerprint density at radius 2 is 2.00 bits per heavy atom. The maximum Gasteiger partial charge on any atom is 0.0550 e. The number of nitrogens with zero attached hydrogens (tertiary/aromatic N) is 2. The molecule has 0 amide bonds. The summed E-state index contributed by atoms with van der Waals surface area (Å²) in [5.41, 5.74) is 0. The van der Waals surface area contributed by atoms with Gasteiger partial charge in [-0.05, 0) is 37.2 Å². The first-order valence-corrected chi connectivity index (χ1v) is 6.42. The van der Waals surface area contributed by atoms with Gasteiger partial charge >= 0.3 is 0 Å². The van der Waals surface area contributed by atoms with Crippen LogP contribution in [0.5, 0.6) is 0 Å². The van der Waals surface area contributed by atoms with E-state index in [9.17, 15) is 0 Å². The minimum atomic E-state index is 0.704. The molecule has 0 N–H and O–H groups in total. The Hall–Kier alpha value is -0.790. The van der Waals surface area contributed by atoms with E-state index in [1.54, 1.807) is 0 Å². The van der Waals surface area contributed by atoms with Crippen molar-refractivity contribution >= 4 is 0 Å². The highest BCUT2D eigenvalue weighted by Crippen LogP contribution is 2.43. The smallest absolute Gasteiger partial charge is 0.0550 e. The topological polar surface area (TPSA) is 17.8 Å². The predicted octanol–water partition coefficient (Wildman–Crippen LogP) is 3.41. The zero-order valence-corrected chi connectivity index (χ0v) is 9.31. The predicted molar refractivity (Wildman–Crippen MR) is 60.6 cm³/mol. The van der Waals surface area contributed by atoms with Crippen molar-refractivity contribution in [3.63, 3.8) is 0 Å². The van der Waals surface area contributed by atoms with Crippen LogP contribution >= 0.6 is 0 Å². The monoisotopic (exact) mass is 204 g/mol. The van der Waals surface area contributed by atoms with Crippen LogP contribution in [0.1, 0.15) is 51.0 Å². The minimum absolute atomic E-state index is 0.704. The van der Waals surface area contributed by atoms with Gasteiger partial charge in [-0.2, -0.15) is 5.10 Å². The second-order valence-corrected chi connectivity index (χ2v) is 5.28. The van der Waals surface area contributed by atoms with Crippen molar-refractivity contribution < 1.29 is 0 Å². The fourth-order valence-corrected chi connectivity index (χ4v) is 3.03. The number of aromatic nitrogens is 2. The van der Waals surface area contributed by atoms with Crippen LogP contribution in [0.15, 0.2) is 18.5 Å². The Morgan fingerprint density at radius 1 is 1.20 bits per heavy atom. The highest BCUT2D eigenvalue weighted by Gasteiger charge is 2.32. The Balaban J connectivity index is 1.74. The Kier molecular flexibility index (Phi) is 2.51. The lowest BCUT2D eigenvalue weighted by Gasteiger charge is -2.23. The molecular weight excluding hydrogens is 184 g/mol. The van der Waals surface area contributed by atoms with Gasteiger partial charge in [0.1, 0.15) is 0 Å². The number of hydrogen-bond donors (Lipinski definition) is 0. The van der Waals surface area contributed by atoms with Crippen molar-refractivity contribution in [3.8, 4) is 0 Å². The van der Waals surface area contributed by atoms with Crippen molar-refractivity contribution in [1.82, 2.24) is 9.78 Å². The fraction of sp³-hybridized carbons (Fsp3) is 0.769. The average Bonchev–Trinajstić information content (AvgIpc) is 2.77. The fourth-order valence-electron chi connectivity index (χ4n) is 3.03. The molecule has 0 aliphatic heterocycles. The van der Waals surface area contributed by atoms with E-state index in [0.29, 0.717) is 6.04 Å². The summed E-state index contributed by atoms with van der Waals surface area (Å²) in [6.45, 7) is 0. The molecule has 2 saturated carbocycles. The molecule has 1 unspecified atom stereocenters. The molecule has 1 aromatic rings. The molecule has 0 saturated heterocycles. The molecule has 0 bridgehead atoms. The van der Waals surface area contributed by atoms with Crippen molar-refractivity contribution in [1.29, 1.82) is 0 Å². The summed E-state index contributed by atoms with van der Waals surface area (Å²) in [7, 11) is 0. The molecule has 0 aromatic carbocycles. The van der Waals surface area contributed by atoms with Crippen LogP contribution in [0, 0.1) is 11.8 Å². The van der Waals surface area contributed by atoms with Crippen molar-refractivity contribution in [2.75, 3.05) is 0 Å². The third-order valence-electron chi connectivity index (χ3n) is 4.08. The van der Waals surface area contributed by atoms with Crippen molar-refractivity contribution in [2.45, 2.75) is 51.0 Å². The van der Waals surface area contributed by atoms with E-state index in [0.717, 1.165) is 11.8 Å².